The van der Waals surface area contributed by atoms with E-state index in [-0.39, 0.29) is 24.4 Å². The molecule has 5 nitrogen and oxygen atoms in total. The second-order valence-corrected chi connectivity index (χ2v) is 9.87. The number of aryl methyl sites for hydroxylation is 2. The maximum atomic E-state index is 13.6. The van der Waals surface area contributed by atoms with Crippen LogP contribution in [0.5, 0.6) is 5.75 Å². The molecule has 1 aliphatic rings. The van der Waals surface area contributed by atoms with Crippen LogP contribution < -0.4 is 4.74 Å². The van der Waals surface area contributed by atoms with Gasteiger partial charge in [-0.2, -0.15) is 0 Å². The summed E-state index contributed by atoms with van der Waals surface area (Å²) in [4.78, 5) is 31.6. The Morgan fingerprint density at radius 2 is 1.71 bits per heavy atom. The van der Waals surface area contributed by atoms with Crippen LogP contribution in [0.4, 0.5) is 0 Å². The Kier molecular flexibility index (Phi) is 7.68. The Balaban J connectivity index is 1.51. The van der Waals surface area contributed by atoms with Crippen LogP contribution in [0.1, 0.15) is 51.3 Å². The van der Waals surface area contributed by atoms with Gasteiger partial charge in [0.15, 0.2) is 0 Å². The minimum absolute atomic E-state index is 0.0386. The zero-order valence-electron chi connectivity index (χ0n) is 20.1. The highest BCUT2D eigenvalue weighted by molar-refractivity contribution is 7.10. The first-order valence-corrected chi connectivity index (χ1v) is 12.8. The number of benzene rings is 2. The molecule has 3 aromatic rings. The van der Waals surface area contributed by atoms with Crippen molar-refractivity contribution in [3.63, 3.8) is 0 Å². The number of carbonyl (C=O) groups excluding carboxylic acids is 2. The zero-order chi connectivity index (χ0) is 24.1. The molecule has 0 saturated carbocycles. The van der Waals surface area contributed by atoms with Crippen molar-refractivity contribution < 1.29 is 14.3 Å². The van der Waals surface area contributed by atoms with Crippen molar-refractivity contribution in [3.05, 3.63) is 87.1 Å². The molecule has 0 spiro atoms. The Morgan fingerprint density at radius 1 is 1.03 bits per heavy atom. The smallest absolute Gasteiger partial charge is 0.254 e. The van der Waals surface area contributed by atoms with Gasteiger partial charge in [0.1, 0.15) is 18.9 Å². The lowest BCUT2D eigenvalue weighted by Crippen LogP contribution is -2.48. The summed E-state index contributed by atoms with van der Waals surface area (Å²) in [6.45, 7) is 7.70. The third-order valence-corrected chi connectivity index (χ3v) is 7.25. The normalized spacial score (nSPS) is 15.0. The van der Waals surface area contributed by atoms with E-state index in [1.807, 2.05) is 74.2 Å². The molecule has 0 fully saturated rings. The second-order valence-electron chi connectivity index (χ2n) is 8.87. The van der Waals surface area contributed by atoms with Gasteiger partial charge in [0.05, 0.1) is 6.04 Å². The van der Waals surface area contributed by atoms with Gasteiger partial charge in [0.25, 0.3) is 5.91 Å². The fraction of sp³-hybridized carbons (Fsp3) is 0.357. The molecule has 34 heavy (non-hydrogen) atoms. The Labute approximate surface area is 206 Å². The number of hydrogen-bond donors (Lipinski definition) is 0. The minimum atomic E-state index is -0.165. The van der Waals surface area contributed by atoms with Crippen LogP contribution in [0, 0.1) is 13.8 Å². The van der Waals surface area contributed by atoms with E-state index in [9.17, 15) is 9.59 Å². The van der Waals surface area contributed by atoms with Crippen molar-refractivity contribution in [1.29, 1.82) is 0 Å². The van der Waals surface area contributed by atoms with Crippen LogP contribution in [0.15, 0.2) is 60.0 Å². The monoisotopic (exact) mass is 476 g/mol. The number of hydrogen-bond acceptors (Lipinski definition) is 4. The maximum absolute atomic E-state index is 13.6. The van der Waals surface area contributed by atoms with Gasteiger partial charge in [0.2, 0.25) is 5.91 Å². The van der Waals surface area contributed by atoms with Gasteiger partial charge in [-0.05, 0) is 68.0 Å². The second kappa shape index (κ2) is 10.9. The molecule has 0 radical (unpaired) electrons. The highest BCUT2D eigenvalue weighted by Crippen LogP contribution is 2.34. The minimum Gasteiger partial charge on any atom is -0.491 e. The average Bonchev–Trinajstić information content (AvgIpc) is 3.32. The molecule has 0 unspecified atom stereocenters. The van der Waals surface area contributed by atoms with Crippen molar-refractivity contribution >= 4 is 23.2 Å². The summed E-state index contributed by atoms with van der Waals surface area (Å²) in [6.07, 6.45) is 1.62. The van der Waals surface area contributed by atoms with Crippen LogP contribution in [-0.2, 0) is 11.2 Å². The lowest BCUT2D eigenvalue weighted by molar-refractivity contribution is -0.135. The van der Waals surface area contributed by atoms with Crippen molar-refractivity contribution in [3.8, 4) is 5.75 Å². The Morgan fingerprint density at radius 3 is 2.38 bits per heavy atom. The van der Waals surface area contributed by atoms with E-state index in [4.69, 9.17) is 4.74 Å². The van der Waals surface area contributed by atoms with Crippen molar-refractivity contribution in [1.82, 2.24) is 9.80 Å². The fourth-order valence-electron chi connectivity index (χ4n) is 4.34. The fourth-order valence-corrected chi connectivity index (χ4v) is 5.27. The first-order chi connectivity index (χ1) is 16.5. The largest absolute Gasteiger partial charge is 0.491 e. The SMILES string of the molecule is CCCN(CC(=O)N1CCc2sccc2[C@@H]1COc1ccc(C)cc1)C(=O)c1ccc(C)cc1. The van der Waals surface area contributed by atoms with Crippen molar-refractivity contribution in [2.24, 2.45) is 0 Å². The highest BCUT2D eigenvalue weighted by atomic mass is 32.1. The summed E-state index contributed by atoms with van der Waals surface area (Å²) < 4.78 is 6.12. The summed E-state index contributed by atoms with van der Waals surface area (Å²) >= 11 is 1.73. The van der Waals surface area contributed by atoms with E-state index in [0.29, 0.717) is 25.3 Å². The zero-order valence-corrected chi connectivity index (χ0v) is 20.9. The molecule has 6 heteroatoms. The summed E-state index contributed by atoms with van der Waals surface area (Å²) in [5.74, 6) is 0.654. The molecule has 0 saturated heterocycles. The molecule has 1 aromatic heterocycles. The molecule has 1 aliphatic heterocycles. The standard InChI is InChI=1S/C28H32N2O3S/c1-4-15-29(28(32)22-9-5-20(2)6-10-22)18-27(31)30-16-13-26-24(14-17-34-26)25(30)19-33-23-11-7-21(3)8-12-23/h5-12,14,17,25H,4,13,15-16,18-19H2,1-3H3/t25-/m0/s1. The topological polar surface area (TPSA) is 49.9 Å². The van der Waals surface area contributed by atoms with Crippen LogP contribution in [-0.4, -0.2) is 47.9 Å². The van der Waals surface area contributed by atoms with Gasteiger partial charge < -0.3 is 14.5 Å². The molecule has 4 rings (SSSR count). The number of rotatable bonds is 8. The van der Waals surface area contributed by atoms with Gasteiger partial charge in [0, 0.05) is 23.5 Å². The quantitative estimate of drug-likeness (QED) is 0.436. The molecular weight excluding hydrogens is 444 g/mol. The van der Waals surface area contributed by atoms with Gasteiger partial charge >= 0.3 is 0 Å². The molecule has 0 aliphatic carbocycles. The molecule has 178 valence electrons. The first kappa shape index (κ1) is 24.0. The third-order valence-electron chi connectivity index (χ3n) is 6.25. The van der Waals surface area contributed by atoms with Crippen LogP contribution in [0.2, 0.25) is 0 Å². The Hall–Kier alpha value is -3.12. The van der Waals surface area contributed by atoms with Crippen LogP contribution in [0.25, 0.3) is 0 Å². The number of thiophene rings is 1. The van der Waals surface area contributed by atoms with E-state index in [2.05, 4.69) is 11.4 Å². The molecule has 0 bridgehead atoms. The van der Waals surface area contributed by atoms with Crippen LogP contribution in [0.3, 0.4) is 0 Å². The predicted octanol–water partition coefficient (Wildman–Crippen LogP) is 5.42. The van der Waals surface area contributed by atoms with Gasteiger partial charge in [-0.3, -0.25) is 9.59 Å². The number of ether oxygens (including phenoxy) is 1. The van der Waals surface area contributed by atoms with Crippen molar-refractivity contribution in [2.45, 2.75) is 39.7 Å². The van der Waals surface area contributed by atoms with E-state index >= 15 is 0 Å². The molecule has 1 atom stereocenters. The molecule has 2 aromatic carbocycles. The highest BCUT2D eigenvalue weighted by Gasteiger charge is 2.33. The lowest BCUT2D eigenvalue weighted by atomic mass is 10.00. The molecule has 2 amide bonds. The van der Waals surface area contributed by atoms with Gasteiger partial charge in [-0.25, -0.2) is 0 Å². The lowest BCUT2D eigenvalue weighted by Gasteiger charge is -2.37. The van der Waals surface area contributed by atoms with Crippen LogP contribution >= 0.6 is 11.3 Å². The van der Waals surface area contributed by atoms with E-state index in [1.54, 1.807) is 16.2 Å². The summed E-state index contributed by atoms with van der Waals surface area (Å²) in [5, 5.41) is 2.09. The molecular formula is C28H32N2O3S. The third kappa shape index (κ3) is 5.50. The van der Waals surface area contributed by atoms with E-state index in [1.165, 1.54) is 10.4 Å². The number of nitrogens with zero attached hydrogens (tertiary/aromatic N) is 2. The van der Waals surface area contributed by atoms with Gasteiger partial charge in [-0.15, -0.1) is 11.3 Å². The first-order valence-electron chi connectivity index (χ1n) is 11.9. The molecule has 0 N–H and O–H groups in total. The molecule has 2 heterocycles. The van der Waals surface area contributed by atoms with E-state index < -0.39 is 0 Å². The number of carbonyl (C=O) groups is 2. The average molecular weight is 477 g/mol. The number of fused-ring (bicyclic) bond motifs is 1. The summed E-state index contributed by atoms with van der Waals surface area (Å²) in [5.41, 5.74) is 4.05. The summed E-state index contributed by atoms with van der Waals surface area (Å²) in [7, 11) is 0. The Bertz CT molecular complexity index is 1120. The predicted molar refractivity (Wildman–Crippen MR) is 137 cm³/mol. The van der Waals surface area contributed by atoms with Crippen molar-refractivity contribution in [2.75, 3.05) is 26.2 Å². The maximum Gasteiger partial charge on any atom is 0.254 e. The summed E-state index contributed by atoms with van der Waals surface area (Å²) in [6, 6.07) is 17.4. The van der Waals surface area contributed by atoms with Gasteiger partial charge in [-0.1, -0.05) is 42.3 Å². The van der Waals surface area contributed by atoms with E-state index in [0.717, 1.165) is 29.7 Å². The number of amides is 2.